The van der Waals surface area contributed by atoms with Gasteiger partial charge in [-0.15, -0.1) is 0 Å². The average Bonchev–Trinajstić information content (AvgIpc) is 2.70. The van der Waals surface area contributed by atoms with Gasteiger partial charge in [-0.3, -0.25) is 4.79 Å². The normalized spacial score (nSPS) is 18.0. The number of sulfonamides is 1. The van der Waals surface area contributed by atoms with Crippen molar-refractivity contribution in [3.63, 3.8) is 0 Å². The number of carbonyl (C=O) groups is 1. The summed E-state index contributed by atoms with van der Waals surface area (Å²) in [5.74, 6) is -0.291. The smallest absolute Gasteiger partial charge is 0.228 e. The standard InChI is InChI=1S/C22H28N2O3S/c1-18-11-13-21(14-12-18)23-22(25)20-10-5-15-24(17-20)28(26,27)16-6-9-19-7-3-2-4-8-19/h2-4,7-8,11-14,20H,5-6,9-10,15-17H2,1H3,(H,23,25)/t20-/m1/s1. The predicted octanol–water partition coefficient (Wildman–Crippen LogP) is 3.61. The highest BCUT2D eigenvalue weighted by Gasteiger charge is 2.32. The number of piperidine rings is 1. The lowest BCUT2D eigenvalue weighted by Crippen LogP contribution is -2.44. The fraction of sp³-hybridized carbons (Fsp3) is 0.409. The highest BCUT2D eigenvalue weighted by molar-refractivity contribution is 7.89. The number of nitrogens with one attached hydrogen (secondary N) is 1. The molecular weight excluding hydrogens is 372 g/mol. The first-order chi connectivity index (χ1) is 13.4. The van der Waals surface area contributed by atoms with Gasteiger partial charge in [0.1, 0.15) is 0 Å². The predicted molar refractivity (Wildman–Crippen MR) is 113 cm³/mol. The molecule has 2 aromatic rings. The largest absolute Gasteiger partial charge is 0.326 e. The van der Waals surface area contributed by atoms with Gasteiger partial charge < -0.3 is 5.32 Å². The average molecular weight is 401 g/mol. The molecule has 0 unspecified atom stereocenters. The molecule has 1 saturated heterocycles. The van der Waals surface area contributed by atoms with E-state index in [1.807, 2.05) is 61.5 Å². The zero-order chi connectivity index (χ0) is 20.0. The van der Waals surface area contributed by atoms with Crippen molar-refractivity contribution in [2.45, 2.75) is 32.6 Å². The maximum Gasteiger partial charge on any atom is 0.228 e. The summed E-state index contributed by atoms with van der Waals surface area (Å²) in [5.41, 5.74) is 3.02. The molecule has 0 aliphatic carbocycles. The Kier molecular flexibility index (Phi) is 6.86. The van der Waals surface area contributed by atoms with Crippen LogP contribution in [-0.4, -0.2) is 37.5 Å². The first kappa shape index (κ1) is 20.6. The van der Waals surface area contributed by atoms with Crippen molar-refractivity contribution in [3.8, 4) is 0 Å². The summed E-state index contributed by atoms with van der Waals surface area (Å²) < 4.78 is 27.0. The summed E-state index contributed by atoms with van der Waals surface area (Å²) in [5, 5.41) is 2.92. The topological polar surface area (TPSA) is 66.5 Å². The molecule has 0 spiro atoms. The molecule has 1 atom stereocenters. The second-order valence-corrected chi connectivity index (χ2v) is 9.55. The van der Waals surface area contributed by atoms with Crippen molar-refractivity contribution in [2.24, 2.45) is 5.92 Å². The van der Waals surface area contributed by atoms with Crippen LogP contribution >= 0.6 is 0 Å². The van der Waals surface area contributed by atoms with Crippen LogP contribution < -0.4 is 5.32 Å². The minimum atomic E-state index is -3.35. The lowest BCUT2D eigenvalue weighted by Gasteiger charge is -2.31. The molecule has 0 radical (unpaired) electrons. The third kappa shape index (κ3) is 5.66. The molecule has 28 heavy (non-hydrogen) atoms. The van der Waals surface area contributed by atoms with Crippen molar-refractivity contribution in [3.05, 3.63) is 65.7 Å². The molecule has 3 rings (SSSR count). The zero-order valence-electron chi connectivity index (χ0n) is 16.3. The van der Waals surface area contributed by atoms with E-state index < -0.39 is 10.0 Å². The van der Waals surface area contributed by atoms with Gasteiger partial charge >= 0.3 is 0 Å². The van der Waals surface area contributed by atoms with Crippen LogP contribution in [0.25, 0.3) is 0 Å². The van der Waals surface area contributed by atoms with Gasteiger partial charge in [0.25, 0.3) is 0 Å². The van der Waals surface area contributed by atoms with Gasteiger partial charge in [-0.25, -0.2) is 12.7 Å². The Morgan fingerprint density at radius 3 is 2.54 bits per heavy atom. The third-order valence-corrected chi connectivity index (χ3v) is 7.10. The van der Waals surface area contributed by atoms with E-state index in [4.69, 9.17) is 0 Å². The molecule has 1 amide bonds. The molecule has 5 nitrogen and oxygen atoms in total. The number of carbonyl (C=O) groups excluding carboxylic acids is 1. The van der Waals surface area contributed by atoms with Crippen molar-refractivity contribution in [1.82, 2.24) is 4.31 Å². The van der Waals surface area contributed by atoms with Gasteiger partial charge in [-0.2, -0.15) is 0 Å². The molecule has 1 N–H and O–H groups in total. The summed E-state index contributed by atoms with van der Waals surface area (Å²) in [6, 6.07) is 17.5. The van der Waals surface area contributed by atoms with Crippen molar-refractivity contribution in [2.75, 3.05) is 24.2 Å². The Bertz CT molecular complexity index is 880. The number of anilines is 1. The van der Waals surface area contributed by atoms with Gasteiger partial charge in [-0.05, 0) is 50.3 Å². The molecule has 150 valence electrons. The van der Waals surface area contributed by atoms with E-state index in [2.05, 4.69) is 5.32 Å². The molecule has 0 saturated carbocycles. The molecule has 0 aromatic heterocycles. The van der Waals surface area contributed by atoms with Crippen molar-refractivity contribution < 1.29 is 13.2 Å². The maximum atomic E-state index is 12.7. The summed E-state index contributed by atoms with van der Waals surface area (Å²) in [7, 11) is -3.35. The van der Waals surface area contributed by atoms with E-state index in [-0.39, 0.29) is 24.1 Å². The van der Waals surface area contributed by atoms with E-state index in [1.54, 1.807) is 0 Å². The minimum absolute atomic E-state index is 0.104. The van der Waals surface area contributed by atoms with Gasteiger partial charge in [0.05, 0.1) is 11.7 Å². The first-order valence-electron chi connectivity index (χ1n) is 9.83. The Labute approximate surface area is 167 Å². The van der Waals surface area contributed by atoms with E-state index in [1.165, 1.54) is 4.31 Å². The van der Waals surface area contributed by atoms with Crippen LogP contribution in [-0.2, 0) is 21.2 Å². The first-order valence-corrected chi connectivity index (χ1v) is 11.4. The monoisotopic (exact) mass is 400 g/mol. The molecule has 1 aliphatic heterocycles. The lowest BCUT2D eigenvalue weighted by atomic mass is 9.98. The van der Waals surface area contributed by atoms with Crippen LogP contribution in [0.15, 0.2) is 54.6 Å². The second-order valence-electron chi connectivity index (χ2n) is 7.46. The van der Waals surface area contributed by atoms with Crippen molar-refractivity contribution >= 4 is 21.6 Å². The molecule has 0 bridgehead atoms. The maximum absolute atomic E-state index is 12.7. The third-order valence-electron chi connectivity index (χ3n) is 5.18. The summed E-state index contributed by atoms with van der Waals surface area (Å²) in [6.45, 7) is 2.76. The van der Waals surface area contributed by atoms with Gasteiger partial charge in [0, 0.05) is 18.8 Å². The minimum Gasteiger partial charge on any atom is -0.326 e. The highest BCUT2D eigenvalue weighted by atomic mass is 32.2. The molecule has 2 aromatic carbocycles. The number of amides is 1. The van der Waals surface area contributed by atoms with Gasteiger partial charge in [-0.1, -0.05) is 48.0 Å². The van der Waals surface area contributed by atoms with Gasteiger partial charge in [0.15, 0.2) is 0 Å². The number of benzene rings is 2. The number of hydrogen-bond acceptors (Lipinski definition) is 3. The lowest BCUT2D eigenvalue weighted by molar-refractivity contribution is -0.120. The quantitative estimate of drug-likeness (QED) is 0.772. The van der Waals surface area contributed by atoms with Crippen LogP contribution in [0.4, 0.5) is 5.69 Å². The summed E-state index contributed by atoms with van der Waals surface area (Å²) >= 11 is 0. The van der Waals surface area contributed by atoms with Crippen LogP contribution in [0.3, 0.4) is 0 Å². The fourth-order valence-electron chi connectivity index (χ4n) is 3.52. The molecule has 1 heterocycles. The SMILES string of the molecule is Cc1ccc(NC(=O)[C@@H]2CCCN(S(=O)(=O)CCCc3ccccc3)C2)cc1. The Balaban J connectivity index is 1.53. The Morgan fingerprint density at radius 2 is 1.82 bits per heavy atom. The van der Waals surface area contributed by atoms with E-state index in [0.29, 0.717) is 25.8 Å². The highest BCUT2D eigenvalue weighted by Crippen LogP contribution is 2.22. The Hall–Kier alpha value is -2.18. The van der Waals surface area contributed by atoms with Crippen LogP contribution in [0, 0.1) is 12.8 Å². The van der Waals surface area contributed by atoms with Crippen LogP contribution in [0.1, 0.15) is 30.4 Å². The number of rotatable bonds is 7. The number of nitrogens with zero attached hydrogens (tertiary/aromatic N) is 1. The second kappa shape index (κ2) is 9.34. The summed E-state index contributed by atoms with van der Waals surface area (Å²) in [6.07, 6.45) is 2.76. The van der Waals surface area contributed by atoms with Gasteiger partial charge in [0.2, 0.25) is 15.9 Å². The molecule has 1 fully saturated rings. The molecule has 6 heteroatoms. The molecular formula is C22H28N2O3S. The van der Waals surface area contributed by atoms with Crippen LogP contribution in [0.5, 0.6) is 0 Å². The van der Waals surface area contributed by atoms with Crippen LogP contribution in [0.2, 0.25) is 0 Å². The Morgan fingerprint density at radius 1 is 1.11 bits per heavy atom. The molecule has 1 aliphatic rings. The fourth-order valence-corrected chi connectivity index (χ4v) is 5.10. The zero-order valence-corrected chi connectivity index (χ0v) is 17.1. The van der Waals surface area contributed by atoms with E-state index in [9.17, 15) is 13.2 Å². The van der Waals surface area contributed by atoms with E-state index >= 15 is 0 Å². The van der Waals surface area contributed by atoms with Crippen molar-refractivity contribution in [1.29, 1.82) is 0 Å². The number of aryl methyl sites for hydroxylation is 2. The van der Waals surface area contributed by atoms with E-state index in [0.717, 1.165) is 23.2 Å². The number of hydrogen-bond donors (Lipinski definition) is 1. The summed E-state index contributed by atoms with van der Waals surface area (Å²) in [4.78, 5) is 12.6.